The predicted molar refractivity (Wildman–Crippen MR) is 148 cm³/mol. The van der Waals surface area contributed by atoms with E-state index < -0.39 is 12.0 Å². The Morgan fingerprint density at radius 2 is 1.92 bits per heavy atom. The highest BCUT2D eigenvalue weighted by Gasteiger charge is 2.36. The second-order valence-electron chi connectivity index (χ2n) is 9.27. The quantitative estimate of drug-likeness (QED) is 0.355. The molecule has 1 unspecified atom stereocenters. The number of hydrogen-bond donors (Lipinski definition) is 0. The van der Waals surface area contributed by atoms with Crippen LogP contribution in [0.15, 0.2) is 69.6 Å². The molecule has 0 fully saturated rings. The number of methoxy groups -OCH3 is 1. The fraction of sp³-hybridized carbons (Fsp3) is 0.233. The Morgan fingerprint density at radius 1 is 1.15 bits per heavy atom. The summed E-state index contributed by atoms with van der Waals surface area (Å²) in [4.78, 5) is 32.7. The van der Waals surface area contributed by atoms with Crippen LogP contribution in [0, 0.1) is 6.92 Å². The van der Waals surface area contributed by atoms with Crippen molar-refractivity contribution in [3.63, 3.8) is 0 Å². The lowest BCUT2D eigenvalue weighted by molar-refractivity contribution is -0.139. The van der Waals surface area contributed by atoms with Gasteiger partial charge < -0.3 is 18.9 Å². The molecule has 1 aromatic heterocycles. The molecule has 3 heterocycles. The molecular weight excluding hydrogens is 516 g/mol. The van der Waals surface area contributed by atoms with E-state index in [4.69, 9.17) is 23.9 Å². The standard InChI is InChI=1S/C30H26N2O6S/c1-5-36-29(34)25-17(3)31-30-32(27(25)26-20-9-7-6-8-18(20)10-11-21(26)35-4)28(33)24(39-30)14-19-13-23-22(12-16(19)2)37-15-38-23/h6-14,27H,5,15H2,1-4H3/b24-14+. The molecule has 0 saturated heterocycles. The fourth-order valence-corrected chi connectivity index (χ4v) is 6.19. The zero-order valence-corrected chi connectivity index (χ0v) is 22.8. The van der Waals surface area contributed by atoms with E-state index in [1.54, 1.807) is 25.5 Å². The molecule has 9 heteroatoms. The molecule has 0 saturated carbocycles. The lowest BCUT2D eigenvalue weighted by Crippen LogP contribution is -2.40. The number of hydrogen-bond acceptors (Lipinski definition) is 8. The number of aromatic nitrogens is 1. The first kappa shape index (κ1) is 24.9. The van der Waals surface area contributed by atoms with Crippen LogP contribution in [0.25, 0.3) is 16.8 Å². The normalized spacial score (nSPS) is 16.3. The van der Waals surface area contributed by atoms with Gasteiger partial charge in [0.2, 0.25) is 6.79 Å². The highest BCUT2D eigenvalue weighted by molar-refractivity contribution is 7.07. The molecule has 8 nitrogen and oxygen atoms in total. The van der Waals surface area contributed by atoms with Crippen LogP contribution in [0.3, 0.4) is 0 Å². The number of carbonyl (C=O) groups is 1. The van der Waals surface area contributed by atoms with Crippen LogP contribution in [-0.2, 0) is 9.53 Å². The molecule has 0 aliphatic carbocycles. The minimum Gasteiger partial charge on any atom is -0.496 e. The molecule has 4 aromatic rings. The summed E-state index contributed by atoms with van der Waals surface area (Å²) in [6.07, 6.45) is 1.84. The minimum atomic E-state index is -0.790. The number of allylic oxidation sites excluding steroid dienone is 1. The molecular formula is C30H26N2O6S. The molecule has 0 radical (unpaired) electrons. The van der Waals surface area contributed by atoms with Crippen LogP contribution in [0.2, 0.25) is 0 Å². The zero-order chi connectivity index (χ0) is 27.3. The van der Waals surface area contributed by atoms with E-state index in [-0.39, 0.29) is 19.0 Å². The largest absolute Gasteiger partial charge is 0.496 e. The van der Waals surface area contributed by atoms with Gasteiger partial charge in [-0.15, -0.1) is 0 Å². The van der Waals surface area contributed by atoms with E-state index in [0.717, 1.165) is 21.9 Å². The highest BCUT2D eigenvalue weighted by Crippen LogP contribution is 2.40. The molecule has 0 amide bonds. The van der Waals surface area contributed by atoms with Crippen LogP contribution in [0.1, 0.15) is 36.6 Å². The number of nitrogens with zero attached hydrogens (tertiary/aromatic N) is 2. The van der Waals surface area contributed by atoms with Gasteiger partial charge in [-0.05, 0) is 66.9 Å². The lowest BCUT2D eigenvalue weighted by atomic mass is 9.90. The number of carbonyl (C=O) groups excluding carboxylic acids is 1. The summed E-state index contributed by atoms with van der Waals surface area (Å²) in [6.45, 7) is 5.85. The van der Waals surface area contributed by atoms with Gasteiger partial charge in [0, 0.05) is 5.56 Å². The molecule has 2 aliphatic heterocycles. The number of fused-ring (bicyclic) bond motifs is 3. The van der Waals surface area contributed by atoms with Gasteiger partial charge in [-0.2, -0.15) is 0 Å². The van der Waals surface area contributed by atoms with E-state index in [1.165, 1.54) is 11.3 Å². The number of benzene rings is 3. The molecule has 0 N–H and O–H groups in total. The van der Waals surface area contributed by atoms with Gasteiger partial charge in [0.15, 0.2) is 16.3 Å². The van der Waals surface area contributed by atoms with Crippen molar-refractivity contribution in [2.45, 2.75) is 26.8 Å². The third kappa shape index (κ3) is 4.10. The fourth-order valence-electron chi connectivity index (χ4n) is 5.16. The Labute approximate surface area is 228 Å². The average molecular weight is 543 g/mol. The SMILES string of the molecule is CCOC(=O)C1=C(C)N=c2s/c(=C/c3cc4c(cc3C)OCO4)c(=O)n2C1c1c(OC)ccc2ccccc12. The first-order valence-electron chi connectivity index (χ1n) is 12.6. The molecule has 0 bridgehead atoms. The van der Waals surface area contributed by atoms with E-state index in [1.807, 2.05) is 61.5 Å². The Morgan fingerprint density at radius 3 is 2.69 bits per heavy atom. The van der Waals surface area contributed by atoms with Crippen molar-refractivity contribution in [3.05, 3.63) is 96.2 Å². The van der Waals surface area contributed by atoms with Crippen molar-refractivity contribution in [2.24, 2.45) is 4.99 Å². The second-order valence-corrected chi connectivity index (χ2v) is 10.3. The maximum Gasteiger partial charge on any atom is 0.338 e. The van der Waals surface area contributed by atoms with Gasteiger partial charge in [0.1, 0.15) is 11.8 Å². The van der Waals surface area contributed by atoms with Crippen molar-refractivity contribution in [2.75, 3.05) is 20.5 Å². The summed E-state index contributed by atoms with van der Waals surface area (Å²) < 4.78 is 24.4. The smallest absolute Gasteiger partial charge is 0.338 e. The molecule has 39 heavy (non-hydrogen) atoms. The van der Waals surface area contributed by atoms with Crippen LogP contribution >= 0.6 is 11.3 Å². The maximum absolute atomic E-state index is 14.1. The second kappa shape index (κ2) is 9.74. The Balaban J connectivity index is 1.64. The first-order valence-corrected chi connectivity index (χ1v) is 13.4. The molecule has 1 atom stereocenters. The summed E-state index contributed by atoms with van der Waals surface area (Å²) in [5.41, 5.74) is 3.04. The zero-order valence-electron chi connectivity index (χ0n) is 21.9. The predicted octanol–water partition coefficient (Wildman–Crippen LogP) is 4.00. The van der Waals surface area contributed by atoms with E-state index in [9.17, 15) is 9.59 Å². The Bertz CT molecular complexity index is 1870. The first-order chi connectivity index (χ1) is 18.9. The monoisotopic (exact) mass is 542 g/mol. The van der Waals surface area contributed by atoms with Gasteiger partial charge in [0.05, 0.1) is 29.5 Å². The van der Waals surface area contributed by atoms with Crippen LogP contribution in [0.5, 0.6) is 17.2 Å². The van der Waals surface area contributed by atoms with E-state index in [0.29, 0.717) is 43.4 Å². The van der Waals surface area contributed by atoms with Gasteiger partial charge in [0.25, 0.3) is 5.56 Å². The average Bonchev–Trinajstić information content (AvgIpc) is 3.50. The lowest BCUT2D eigenvalue weighted by Gasteiger charge is -2.27. The van der Waals surface area contributed by atoms with E-state index in [2.05, 4.69) is 0 Å². The minimum absolute atomic E-state index is 0.170. The van der Waals surface area contributed by atoms with E-state index >= 15 is 0 Å². The van der Waals surface area contributed by atoms with Crippen LogP contribution < -0.4 is 29.1 Å². The molecule has 6 rings (SSSR count). The van der Waals surface area contributed by atoms with Crippen LogP contribution in [-0.4, -0.2) is 31.0 Å². The van der Waals surface area contributed by atoms with Crippen molar-refractivity contribution in [3.8, 4) is 17.2 Å². The third-order valence-corrected chi connectivity index (χ3v) is 7.97. The summed E-state index contributed by atoms with van der Waals surface area (Å²) in [5, 5.41) is 1.84. The Kier molecular flexibility index (Phi) is 6.23. The number of rotatable bonds is 5. The third-order valence-electron chi connectivity index (χ3n) is 6.99. The number of thiazole rings is 1. The maximum atomic E-state index is 14.1. The van der Waals surface area contributed by atoms with Crippen LogP contribution in [0.4, 0.5) is 0 Å². The topological polar surface area (TPSA) is 88.4 Å². The molecule has 3 aromatic carbocycles. The Hall–Kier alpha value is -4.37. The van der Waals surface area contributed by atoms with Gasteiger partial charge in [-0.3, -0.25) is 9.36 Å². The number of aryl methyl sites for hydroxylation is 1. The summed E-state index contributed by atoms with van der Waals surface area (Å²) >= 11 is 1.28. The van der Waals surface area contributed by atoms with Crippen molar-refractivity contribution in [1.29, 1.82) is 0 Å². The van der Waals surface area contributed by atoms with Crippen molar-refractivity contribution < 1.29 is 23.7 Å². The van der Waals surface area contributed by atoms with Crippen molar-refractivity contribution in [1.82, 2.24) is 4.57 Å². The molecule has 2 aliphatic rings. The molecule has 198 valence electrons. The summed E-state index contributed by atoms with van der Waals surface area (Å²) in [7, 11) is 1.58. The van der Waals surface area contributed by atoms with Gasteiger partial charge >= 0.3 is 5.97 Å². The number of esters is 1. The number of ether oxygens (including phenoxy) is 4. The highest BCUT2D eigenvalue weighted by atomic mass is 32.1. The van der Waals surface area contributed by atoms with Gasteiger partial charge in [-0.25, -0.2) is 9.79 Å². The summed E-state index contributed by atoms with van der Waals surface area (Å²) in [6, 6.07) is 14.6. The van der Waals surface area contributed by atoms with Gasteiger partial charge in [-0.1, -0.05) is 41.7 Å². The summed E-state index contributed by atoms with van der Waals surface area (Å²) in [5.74, 6) is 1.37. The molecule has 0 spiro atoms. The van der Waals surface area contributed by atoms with Crippen molar-refractivity contribution >= 4 is 34.2 Å².